The van der Waals surface area contributed by atoms with E-state index in [0.717, 1.165) is 31.0 Å². The fraction of sp³-hybridized carbons (Fsp3) is 0.769. The summed E-state index contributed by atoms with van der Waals surface area (Å²) in [6, 6.07) is 0. The van der Waals surface area contributed by atoms with Crippen LogP contribution in [0.4, 0.5) is 0 Å². The van der Waals surface area contributed by atoms with E-state index in [1.54, 1.807) is 0 Å². The monoisotopic (exact) mass is 194 g/mol. The number of carbonyl (C=O) groups is 1. The molecule has 0 fully saturated rings. The highest BCUT2D eigenvalue weighted by Crippen LogP contribution is 2.36. The number of hydrogen-bond donors (Lipinski definition) is 0. The maximum Gasteiger partial charge on any atom is 0.129 e. The lowest BCUT2D eigenvalue weighted by Crippen LogP contribution is -2.21. The molecule has 0 aliphatic heterocycles. The van der Waals surface area contributed by atoms with E-state index in [-0.39, 0.29) is 5.41 Å². The summed E-state index contributed by atoms with van der Waals surface area (Å²) in [6.07, 6.45) is 6.89. The molecule has 0 aromatic carbocycles. The molecule has 14 heavy (non-hydrogen) atoms. The van der Waals surface area contributed by atoms with E-state index < -0.39 is 0 Å². The second kappa shape index (κ2) is 4.29. The van der Waals surface area contributed by atoms with Crippen molar-refractivity contribution in [2.45, 2.75) is 47.0 Å². The molecule has 1 rings (SSSR count). The Balaban J connectivity index is 2.66. The standard InChI is InChI=1S/C13H22O/c1-10(2)11-5-7-12(8-6-11)13(3,4)9-14/h7,9-11H,5-6,8H2,1-4H3/t11-/m0/s1. The van der Waals surface area contributed by atoms with E-state index >= 15 is 0 Å². The third kappa shape index (κ3) is 2.46. The Morgan fingerprint density at radius 3 is 2.50 bits per heavy atom. The molecule has 1 aliphatic rings. The Hall–Kier alpha value is -0.590. The normalized spacial score (nSPS) is 23.5. The molecule has 0 bridgehead atoms. The summed E-state index contributed by atoms with van der Waals surface area (Å²) in [5.74, 6) is 1.59. The van der Waals surface area contributed by atoms with E-state index in [9.17, 15) is 4.79 Å². The maximum absolute atomic E-state index is 10.9. The summed E-state index contributed by atoms with van der Waals surface area (Å²) in [4.78, 5) is 10.9. The molecule has 0 amide bonds. The predicted molar refractivity (Wildman–Crippen MR) is 60.1 cm³/mol. The number of hydrogen-bond acceptors (Lipinski definition) is 1. The van der Waals surface area contributed by atoms with E-state index in [4.69, 9.17) is 0 Å². The first-order chi connectivity index (χ1) is 6.47. The van der Waals surface area contributed by atoms with Gasteiger partial charge in [-0.2, -0.15) is 0 Å². The van der Waals surface area contributed by atoms with Crippen LogP contribution < -0.4 is 0 Å². The first-order valence-electron chi connectivity index (χ1n) is 5.63. The zero-order chi connectivity index (χ0) is 10.8. The molecule has 0 aromatic rings. The van der Waals surface area contributed by atoms with Crippen LogP contribution in [0.2, 0.25) is 0 Å². The van der Waals surface area contributed by atoms with Gasteiger partial charge >= 0.3 is 0 Å². The third-order valence-electron chi connectivity index (χ3n) is 3.52. The summed E-state index contributed by atoms with van der Waals surface area (Å²) in [5.41, 5.74) is 1.10. The lowest BCUT2D eigenvalue weighted by atomic mass is 9.74. The van der Waals surface area contributed by atoms with Gasteiger partial charge in [0.1, 0.15) is 6.29 Å². The van der Waals surface area contributed by atoms with Crippen molar-refractivity contribution in [1.29, 1.82) is 0 Å². The van der Waals surface area contributed by atoms with Gasteiger partial charge in [-0.3, -0.25) is 0 Å². The van der Waals surface area contributed by atoms with Gasteiger partial charge in [0.2, 0.25) is 0 Å². The van der Waals surface area contributed by atoms with Gasteiger partial charge in [-0.15, -0.1) is 0 Å². The van der Waals surface area contributed by atoms with Crippen LogP contribution in [0.1, 0.15) is 47.0 Å². The van der Waals surface area contributed by atoms with Gasteiger partial charge in [0.05, 0.1) is 0 Å². The fourth-order valence-corrected chi connectivity index (χ4v) is 2.12. The quantitative estimate of drug-likeness (QED) is 0.495. The van der Waals surface area contributed by atoms with Crippen LogP contribution in [-0.4, -0.2) is 6.29 Å². The summed E-state index contributed by atoms with van der Waals surface area (Å²) in [5, 5.41) is 0. The first-order valence-corrected chi connectivity index (χ1v) is 5.63. The average Bonchev–Trinajstić information content (AvgIpc) is 2.18. The molecule has 1 nitrogen and oxygen atoms in total. The Morgan fingerprint density at radius 2 is 2.14 bits per heavy atom. The molecule has 0 N–H and O–H groups in total. The van der Waals surface area contributed by atoms with Crippen LogP contribution in [0.3, 0.4) is 0 Å². The molecular weight excluding hydrogens is 172 g/mol. The lowest BCUT2D eigenvalue weighted by molar-refractivity contribution is -0.113. The molecule has 1 atom stereocenters. The zero-order valence-electron chi connectivity index (χ0n) is 9.84. The van der Waals surface area contributed by atoms with Crippen LogP contribution in [0.5, 0.6) is 0 Å². The lowest BCUT2D eigenvalue weighted by Gasteiger charge is -2.30. The average molecular weight is 194 g/mol. The van der Waals surface area contributed by atoms with Gasteiger partial charge in [0.25, 0.3) is 0 Å². The van der Waals surface area contributed by atoms with E-state index in [1.165, 1.54) is 12.0 Å². The van der Waals surface area contributed by atoms with Crippen LogP contribution in [0.25, 0.3) is 0 Å². The van der Waals surface area contributed by atoms with Gasteiger partial charge in [0, 0.05) is 5.41 Å². The van der Waals surface area contributed by atoms with Crippen molar-refractivity contribution >= 4 is 6.29 Å². The number of rotatable bonds is 3. The van der Waals surface area contributed by atoms with Crippen LogP contribution in [-0.2, 0) is 4.79 Å². The topological polar surface area (TPSA) is 17.1 Å². The summed E-state index contributed by atoms with van der Waals surface area (Å²) < 4.78 is 0. The van der Waals surface area contributed by atoms with E-state index in [0.29, 0.717) is 0 Å². The van der Waals surface area contributed by atoms with Crippen molar-refractivity contribution in [3.63, 3.8) is 0 Å². The third-order valence-corrected chi connectivity index (χ3v) is 3.52. The molecule has 0 saturated heterocycles. The van der Waals surface area contributed by atoms with Gasteiger partial charge in [-0.1, -0.05) is 25.5 Å². The molecule has 80 valence electrons. The highest BCUT2D eigenvalue weighted by Gasteiger charge is 2.26. The maximum atomic E-state index is 10.9. The molecule has 0 heterocycles. The second-order valence-corrected chi connectivity index (χ2v) is 5.35. The Kier molecular flexibility index (Phi) is 3.52. The molecule has 0 aromatic heterocycles. The fourth-order valence-electron chi connectivity index (χ4n) is 2.12. The minimum atomic E-state index is -0.234. The smallest absolute Gasteiger partial charge is 0.129 e. The summed E-state index contributed by atoms with van der Waals surface area (Å²) >= 11 is 0. The predicted octanol–water partition coefficient (Wildman–Crippen LogP) is 3.59. The number of allylic oxidation sites excluding steroid dienone is 2. The molecule has 1 aliphatic carbocycles. The number of aldehydes is 1. The summed E-state index contributed by atoms with van der Waals surface area (Å²) in [7, 11) is 0. The van der Waals surface area contributed by atoms with Crippen LogP contribution >= 0.6 is 0 Å². The first kappa shape index (κ1) is 11.5. The molecular formula is C13H22O. The van der Waals surface area contributed by atoms with Crippen molar-refractivity contribution in [2.75, 3.05) is 0 Å². The Bertz CT molecular complexity index is 236. The highest BCUT2D eigenvalue weighted by molar-refractivity contribution is 5.63. The number of carbonyl (C=O) groups excluding carboxylic acids is 1. The van der Waals surface area contributed by atoms with Gasteiger partial charge in [0.15, 0.2) is 0 Å². The Labute approximate surface area is 87.6 Å². The minimum Gasteiger partial charge on any atom is -0.302 e. The minimum absolute atomic E-state index is 0.234. The van der Waals surface area contributed by atoms with Gasteiger partial charge in [-0.25, -0.2) is 0 Å². The molecule has 1 heteroatoms. The van der Waals surface area contributed by atoms with Gasteiger partial charge < -0.3 is 4.79 Å². The highest BCUT2D eigenvalue weighted by atomic mass is 16.1. The second-order valence-electron chi connectivity index (χ2n) is 5.35. The Morgan fingerprint density at radius 1 is 1.50 bits per heavy atom. The largest absolute Gasteiger partial charge is 0.302 e. The van der Waals surface area contributed by atoms with Gasteiger partial charge in [-0.05, 0) is 44.9 Å². The SMILES string of the molecule is CC(C)[C@H]1CC=C(C(C)(C)C=O)CC1. The van der Waals surface area contributed by atoms with E-state index in [1.807, 2.05) is 13.8 Å². The van der Waals surface area contributed by atoms with Crippen molar-refractivity contribution < 1.29 is 4.79 Å². The van der Waals surface area contributed by atoms with E-state index in [2.05, 4.69) is 19.9 Å². The summed E-state index contributed by atoms with van der Waals surface area (Å²) in [6.45, 7) is 8.60. The van der Waals surface area contributed by atoms with Crippen LogP contribution in [0.15, 0.2) is 11.6 Å². The molecule has 0 unspecified atom stereocenters. The molecule has 0 spiro atoms. The molecule has 0 radical (unpaired) electrons. The molecule has 0 saturated carbocycles. The van der Waals surface area contributed by atoms with Crippen molar-refractivity contribution in [3.05, 3.63) is 11.6 Å². The van der Waals surface area contributed by atoms with Crippen molar-refractivity contribution in [2.24, 2.45) is 17.3 Å². The van der Waals surface area contributed by atoms with Crippen molar-refractivity contribution in [3.8, 4) is 0 Å². The van der Waals surface area contributed by atoms with Crippen LogP contribution in [0, 0.1) is 17.3 Å². The van der Waals surface area contributed by atoms with Crippen molar-refractivity contribution in [1.82, 2.24) is 0 Å². The zero-order valence-corrected chi connectivity index (χ0v) is 9.84.